The zero-order chi connectivity index (χ0) is 12.4. The molecule has 5 heteroatoms. The van der Waals surface area contributed by atoms with Gasteiger partial charge in [-0.2, -0.15) is 0 Å². The van der Waals surface area contributed by atoms with E-state index in [2.05, 4.69) is 0 Å². The predicted octanol–water partition coefficient (Wildman–Crippen LogP) is 1.09. The third-order valence-corrected chi connectivity index (χ3v) is 3.17. The lowest BCUT2D eigenvalue weighted by molar-refractivity contribution is -0.140. The molecule has 1 aromatic rings. The Bertz CT molecular complexity index is 430. The first kappa shape index (κ1) is 12.2. The number of nitrogens with zero attached hydrogens (tertiary/aromatic N) is 1. The van der Waals surface area contributed by atoms with Gasteiger partial charge < -0.3 is 14.7 Å². The number of β-amino-alcohol motifs (C(OH)–C–C–N with tert-alkyl or cyclic N) is 1. The standard InChI is InChI=1S/C12H14ClNO3/c1-17-10-3-2-8(11(13)5-10)4-12(16)14-6-9(15)7-14/h2-3,5,9,15H,4,6-7H2,1H3. The number of carbonyl (C=O) groups is 1. The molecule has 1 aliphatic rings. The number of hydrogen-bond acceptors (Lipinski definition) is 3. The van der Waals surface area contributed by atoms with Crippen molar-refractivity contribution < 1.29 is 14.6 Å². The van der Waals surface area contributed by atoms with Crippen molar-refractivity contribution in [2.45, 2.75) is 12.5 Å². The topological polar surface area (TPSA) is 49.8 Å². The molecule has 4 nitrogen and oxygen atoms in total. The van der Waals surface area contributed by atoms with Crippen LogP contribution < -0.4 is 4.74 Å². The molecule has 1 amide bonds. The van der Waals surface area contributed by atoms with Crippen LogP contribution in [0.1, 0.15) is 5.56 Å². The van der Waals surface area contributed by atoms with Gasteiger partial charge in [0.05, 0.1) is 19.6 Å². The number of aliphatic hydroxyl groups is 1. The number of halogens is 1. The molecule has 17 heavy (non-hydrogen) atoms. The smallest absolute Gasteiger partial charge is 0.227 e. The summed E-state index contributed by atoms with van der Waals surface area (Å²) in [6.07, 6.45) is -0.111. The van der Waals surface area contributed by atoms with E-state index >= 15 is 0 Å². The number of hydrogen-bond donors (Lipinski definition) is 1. The van der Waals surface area contributed by atoms with E-state index < -0.39 is 0 Å². The maximum absolute atomic E-state index is 11.8. The van der Waals surface area contributed by atoms with Crippen LogP contribution in [0, 0.1) is 0 Å². The van der Waals surface area contributed by atoms with Crippen LogP contribution in [-0.2, 0) is 11.2 Å². The second-order valence-corrected chi connectivity index (χ2v) is 4.49. The zero-order valence-electron chi connectivity index (χ0n) is 9.52. The molecule has 0 spiro atoms. The lowest BCUT2D eigenvalue weighted by atomic mass is 10.1. The molecular weight excluding hydrogens is 242 g/mol. The Hall–Kier alpha value is -1.26. The molecular formula is C12H14ClNO3. The molecule has 0 bridgehead atoms. The van der Waals surface area contributed by atoms with Gasteiger partial charge in [0.1, 0.15) is 5.75 Å². The molecule has 0 radical (unpaired) electrons. The number of amides is 1. The average molecular weight is 256 g/mol. The van der Waals surface area contributed by atoms with Crippen molar-refractivity contribution in [1.82, 2.24) is 4.90 Å². The van der Waals surface area contributed by atoms with Crippen molar-refractivity contribution in [3.05, 3.63) is 28.8 Å². The molecule has 0 aliphatic carbocycles. The molecule has 2 rings (SSSR count). The maximum Gasteiger partial charge on any atom is 0.227 e. The molecule has 1 aliphatic heterocycles. The van der Waals surface area contributed by atoms with Gasteiger partial charge in [0.25, 0.3) is 0 Å². The van der Waals surface area contributed by atoms with Crippen molar-refractivity contribution in [2.24, 2.45) is 0 Å². The largest absolute Gasteiger partial charge is 0.497 e. The van der Waals surface area contributed by atoms with Crippen LogP contribution in [0.4, 0.5) is 0 Å². The summed E-state index contributed by atoms with van der Waals surface area (Å²) < 4.78 is 5.04. The molecule has 0 saturated carbocycles. The third kappa shape index (κ3) is 2.70. The summed E-state index contributed by atoms with van der Waals surface area (Å²) in [6.45, 7) is 0.846. The first-order valence-corrected chi connectivity index (χ1v) is 5.76. The van der Waals surface area contributed by atoms with E-state index in [9.17, 15) is 4.79 Å². The number of aliphatic hydroxyl groups excluding tert-OH is 1. The normalized spacial score (nSPS) is 15.6. The molecule has 1 heterocycles. The number of ether oxygens (including phenoxy) is 1. The Morgan fingerprint density at radius 2 is 2.29 bits per heavy atom. The predicted molar refractivity (Wildman–Crippen MR) is 64.3 cm³/mol. The minimum atomic E-state index is -0.370. The van der Waals surface area contributed by atoms with Gasteiger partial charge in [-0.15, -0.1) is 0 Å². The summed E-state index contributed by atoms with van der Waals surface area (Å²) in [4.78, 5) is 13.4. The van der Waals surface area contributed by atoms with E-state index in [0.29, 0.717) is 23.9 Å². The minimum absolute atomic E-state index is 0.0117. The highest BCUT2D eigenvalue weighted by Crippen LogP contribution is 2.23. The van der Waals surface area contributed by atoms with E-state index in [4.69, 9.17) is 21.4 Å². The summed E-state index contributed by atoms with van der Waals surface area (Å²) in [5, 5.41) is 9.65. The fourth-order valence-corrected chi connectivity index (χ4v) is 1.97. The van der Waals surface area contributed by atoms with Crippen LogP contribution in [0.3, 0.4) is 0 Å². The zero-order valence-corrected chi connectivity index (χ0v) is 10.3. The Balaban J connectivity index is 2.01. The van der Waals surface area contributed by atoms with Crippen LogP contribution in [-0.4, -0.2) is 42.2 Å². The van der Waals surface area contributed by atoms with Crippen LogP contribution >= 0.6 is 11.6 Å². The molecule has 1 aromatic carbocycles. The Kier molecular flexibility index (Phi) is 3.54. The van der Waals surface area contributed by atoms with Crippen LogP contribution in [0.15, 0.2) is 18.2 Å². The number of likely N-dealkylation sites (tertiary alicyclic amines) is 1. The number of methoxy groups -OCH3 is 1. The molecule has 92 valence electrons. The quantitative estimate of drug-likeness (QED) is 0.880. The highest BCUT2D eigenvalue weighted by molar-refractivity contribution is 6.31. The SMILES string of the molecule is COc1ccc(CC(=O)N2CC(O)C2)c(Cl)c1. The average Bonchev–Trinajstić information content (AvgIpc) is 2.27. The lowest BCUT2D eigenvalue weighted by Crippen LogP contribution is -2.53. The maximum atomic E-state index is 11.8. The van der Waals surface area contributed by atoms with Crippen molar-refractivity contribution >= 4 is 17.5 Å². The highest BCUT2D eigenvalue weighted by Gasteiger charge is 2.28. The van der Waals surface area contributed by atoms with Gasteiger partial charge in [0.2, 0.25) is 5.91 Å². The number of rotatable bonds is 3. The molecule has 0 aromatic heterocycles. The van der Waals surface area contributed by atoms with Crippen molar-refractivity contribution in [2.75, 3.05) is 20.2 Å². The van der Waals surface area contributed by atoms with Gasteiger partial charge in [0, 0.05) is 18.1 Å². The van der Waals surface area contributed by atoms with Gasteiger partial charge in [-0.3, -0.25) is 4.79 Å². The monoisotopic (exact) mass is 255 g/mol. The van der Waals surface area contributed by atoms with Crippen LogP contribution in [0.25, 0.3) is 0 Å². The first-order valence-electron chi connectivity index (χ1n) is 5.38. The Labute approximate surface area is 105 Å². The summed E-state index contributed by atoms with van der Waals surface area (Å²) in [6, 6.07) is 5.25. The van der Waals surface area contributed by atoms with E-state index in [1.807, 2.05) is 0 Å². The van der Waals surface area contributed by atoms with Gasteiger partial charge in [-0.05, 0) is 17.7 Å². The minimum Gasteiger partial charge on any atom is -0.497 e. The summed E-state index contributed by atoms with van der Waals surface area (Å²) in [5.41, 5.74) is 0.777. The van der Waals surface area contributed by atoms with Crippen LogP contribution in [0.2, 0.25) is 5.02 Å². The second-order valence-electron chi connectivity index (χ2n) is 4.09. The van der Waals surface area contributed by atoms with Gasteiger partial charge in [0.15, 0.2) is 0 Å². The number of carbonyl (C=O) groups excluding carboxylic acids is 1. The first-order chi connectivity index (χ1) is 8.10. The number of benzene rings is 1. The highest BCUT2D eigenvalue weighted by atomic mass is 35.5. The molecule has 1 saturated heterocycles. The van der Waals surface area contributed by atoms with Crippen molar-refractivity contribution in [3.63, 3.8) is 0 Å². The van der Waals surface area contributed by atoms with Crippen molar-refractivity contribution in [1.29, 1.82) is 0 Å². The summed E-state index contributed by atoms with van der Waals surface area (Å²) >= 11 is 6.05. The Morgan fingerprint density at radius 1 is 1.59 bits per heavy atom. The van der Waals surface area contributed by atoms with Gasteiger partial charge in [-0.1, -0.05) is 17.7 Å². The lowest BCUT2D eigenvalue weighted by Gasteiger charge is -2.36. The molecule has 0 atom stereocenters. The molecule has 1 N–H and O–H groups in total. The molecule has 0 unspecified atom stereocenters. The Morgan fingerprint density at radius 3 is 2.82 bits per heavy atom. The summed E-state index contributed by atoms with van der Waals surface area (Å²) in [7, 11) is 1.57. The summed E-state index contributed by atoms with van der Waals surface area (Å²) in [5.74, 6) is 0.660. The van der Waals surface area contributed by atoms with E-state index in [1.54, 1.807) is 30.2 Å². The second kappa shape index (κ2) is 4.94. The van der Waals surface area contributed by atoms with E-state index in [-0.39, 0.29) is 18.4 Å². The van der Waals surface area contributed by atoms with E-state index in [0.717, 1.165) is 5.56 Å². The van der Waals surface area contributed by atoms with E-state index in [1.165, 1.54) is 0 Å². The van der Waals surface area contributed by atoms with Gasteiger partial charge >= 0.3 is 0 Å². The third-order valence-electron chi connectivity index (χ3n) is 2.82. The molecule has 1 fully saturated rings. The van der Waals surface area contributed by atoms with Crippen molar-refractivity contribution in [3.8, 4) is 5.75 Å². The fraction of sp³-hybridized carbons (Fsp3) is 0.417. The van der Waals surface area contributed by atoms with Gasteiger partial charge in [-0.25, -0.2) is 0 Å². The fourth-order valence-electron chi connectivity index (χ4n) is 1.73. The van der Waals surface area contributed by atoms with Crippen LogP contribution in [0.5, 0.6) is 5.75 Å².